The number of benzene rings is 2. The lowest BCUT2D eigenvalue weighted by molar-refractivity contribution is -0.384. The minimum Gasteiger partial charge on any atom is -0.497 e. The zero-order valence-electron chi connectivity index (χ0n) is 22.2. The summed E-state index contributed by atoms with van der Waals surface area (Å²) in [4.78, 5) is 40.8. The standard InChI is InChI=1S/C27H33N5O7/c1-37-19-27(34)30(12-11-29-13-15-39-16-14-29)18-26(33)31-25(21-5-9-23(38-2)10-6-21)17-24(28-31)20-3-7-22(8-4-20)32(35)36/h3-10,25H,11-19H2,1-2H3/t25-/m1/s1. The number of non-ortho nitro benzene ring substituents is 1. The maximum absolute atomic E-state index is 13.7. The van der Waals surface area contributed by atoms with E-state index in [1.54, 1.807) is 19.2 Å². The number of carbonyl (C=O) groups excluding carboxylic acids is 2. The van der Waals surface area contributed by atoms with Crippen molar-refractivity contribution in [3.8, 4) is 5.75 Å². The summed E-state index contributed by atoms with van der Waals surface area (Å²) in [5.74, 6) is 0.0728. The van der Waals surface area contributed by atoms with Gasteiger partial charge in [0, 0.05) is 51.8 Å². The van der Waals surface area contributed by atoms with Gasteiger partial charge in [-0.25, -0.2) is 5.01 Å². The van der Waals surface area contributed by atoms with Gasteiger partial charge in [-0.15, -0.1) is 0 Å². The number of carbonyl (C=O) groups is 2. The van der Waals surface area contributed by atoms with E-state index in [4.69, 9.17) is 14.2 Å². The van der Waals surface area contributed by atoms with E-state index in [-0.39, 0.29) is 30.7 Å². The van der Waals surface area contributed by atoms with Gasteiger partial charge in [-0.3, -0.25) is 24.6 Å². The molecule has 208 valence electrons. The van der Waals surface area contributed by atoms with E-state index in [0.717, 1.165) is 18.7 Å². The van der Waals surface area contributed by atoms with Gasteiger partial charge in [0.25, 0.3) is 11.6 Å². The molecule has 0 aliphatic carbocycles. The molecule has 2 aliphatic rings. The Hall–Kier alpha value is -3.87. The Kier molecular flexibility index (Phi) is 9.58. The van der Waals surface area contributed by atoms with Crippen molar-refractivity contribution in [1.29, 1.82) is 0 Å². The molecule has 0 aromatic heterocycles. The number of hydrazone groups is 1. The Morgan fingerprint density at radius 2 is 1.79 bits per heavy atom. The van der Waals surface area contributed by atoms with Gasteiger partial charge < -0.3 is 19.1 Å². The zero-order valence-corrected chi connectivity index (χ0v) is 22.2. The predicted octanol–water partition coefficient (Wildman–Crippen LogP) is 2.09. The molecule has 12 nitrogen and oxygen atoms in total. The van der Waals surface area contributed by atoms with Crippen LogP contribution in [0.5, 0.6) is 5.75 Å². The maximum atomic E-state index is 13.7. The molecule has 2 heterocycles. The topological polar surface area (TPSA) is 127 Å². The molecule has 1 saturated heterocycles. The Morgan fingerprint density at radius 1 is 1.10 bits per heavy atom. The second kappa shape index (κ2) is 13.3. The van der Waals surface area contributed by atoms with Crippen molar-refractivity contribution in [2.24, 2.45) is 5.10 Å². The Bertz CT molecular complexity index is 1180. The van der Waals surface area contributed by atoms with E-state index < -0.39 is 11.0 Å². The highest BCUT2D eigenvalue weighted by molar-refractivity contribution is 6.03. The molecule has 0 N–H and O–H groups in total. The van der Waals surface area contributed by atoms with E-state index in [0.29, 0.717) is 49.7 Å². The lowest BCUT2D eigenvalue weighted by Crippen LogP contribution is -2.47. The van der Waals surface area contributed by atoms with E-state index in [1.165, 1.54) is 29.2 Å². The highest BCUT2D eigenvalue weighted by Gasteiger charge is 2.34. The van der Waals surface area contributed by atoms with Crippen molar-refractivity contribution in [3.63, 3.8) is 0 Å². The fourth-order valence-corrected chi connectivity index (χ4v) is 4.61. The monoisotopic (exact) mass is 539 g/mol. The van der Waals surface area contributed by atoms with Crippen LogP contribution in [0.25, 0.3) is 0 Å². The van der Waals surface area contributed by atoms with Crippen molar-refractivity contribution in [3.05, 3.63) is 69.8 Å². The fraction of sp³-hybridized carbons (Fsp3) is 0.444. The van der Waals surface area contributed by atoms with Crippen LogP contribution in [0.3, 0.4) is 0 Å². The Morgan fingerprint density at radius 3 is 2.41 bits per heavy atom. The van der Waals surface area contributed by atoms with Gasteiger partial charge in [-0.2, -0.15) is 5.10 Å². The summed E-state index contributed by atoms with van der Waals surface area (Å²) in [5, 5.41) is 17.1. The number of hydrogen-bond acceptors (Lipinski definition) is 9. The van der Waals surface area contributed by atoms with Crippen LogP contribution in [-0.4, -0.2) is 104 Å². The molecule has 39 heavy (non-hydrogen) atoms. The predicted molar refractivity (Wildman–Crippen MR) is 143 cm³/mol. The second-order valence-electron chi connectivity index (χ2n) is 9.28. The van der Waals surface area contributed by atoms with Crippen LogP contribution in [0.15, 0.2) is 53.6 Å². The lowest BCUT2D eigenvalue weighted by atomic mass is 9.98. The van der Waals surface area contributed by atoms with E-state index >= 15 is 0 Å². The van der Waals surface area contributed by atoms with Gasteiger partial charge in [0.05, 0.1) is 37.0 Å². The fourth-order valence-electron chi connectivity index (χ4n) is 4.61. The highest BCUT2D eigenvalue weighted by atomic mass is 16.6. The van der Waals surface area contributed by atoms with Crippen LogP contribution in [0.1, 0.15) is 23.6 Å². The number of nitro groups is 1. The first-order chi connectivity index (χ1) is 18.9. The van der Waals surface area contributed by atoms with Gasteiger partial charge in [0.2, 0.25) is 5.91 Å². The molecule has 0 saturated carbocycles. The van der Waals surface area contributed by atoms with E-state index in [1.807, 2.05) is 24.3 Å². The molecule has 2 aromatic rings. The van der Waals surface area contributed by atoms with E-state index in [9.17, 15) is 19.7 Å². The molecular weight excluding hydrogens is 506 g/mol. The summed E-state index contributed by atoms with van der Waals surface area (Å²) in [6.07, 6.45) is 0.412. The van der Waals surface area contributed by atoms with Crippen molar-refractivity contribution >= 4 is 23.2 Å². The average Bonchev–Trinajstić information content (AvgIpc) is 3.41. The average molecular weight is 540 g/mol. The number of ether oxygens (including phenoxy) is 3. The zero-order chi connectivity index (χ0) is 27.8. The number of hydrogen-bond donors (Lipinski definition) is 0. The van der Waals surface area contributed by atoms with Crippen LogP contribution in [0, 0.1) is 10.1 Å². The first-order valence-electron chi connectivity index (χ1n) is 12.7. The molecule has 1 fully saturated rings. The summed E-state index contributed by atoms with van der Waals surface area (Å²) in [5.41, 5.74) is 2.15. The van der Waals surface area contributed by atoms with Gasteiger partial charge >= 0.3 is 0 Å². The Labute approximate surface area is 226 Å². The molecule has 12 heteroatoms. The van der Waals surface area contributed by atoms with E-state index in [2.05, 4.69) is 10.0 Å². The SMILES string of the molecule is COCC(=O)N(CCN1CCOCC1)CC(=O)N1N=C(c2ccc([N+](=O)[O-])cc2)C[C@@H]1c1ccc(OC)cc1. The molecule has 2 amide bonds. The van der Waals surface area contributed by atoms with Crippen LogP contribution < -0.4 is 4.74 Å². The molecule has 4 rings (SSSR count). The number of amides is 2. The molecule has 2 aliphatic heterocycles. The maximum Gasteiger partial charge on any atom is 0.269 e. The normalized spacial score (nSPS) is 17.5. The van der Waals surface area contributed by atoms with Crippen LogP contribution in [0.4, 0.5) is 5.69 Å². The molecular formula is C27H33N5O7. The summed E-state index contributed by atoms with van der Waals surface area (Å²) in [6, 6.07) is 13.1. The number of nitro benzene ring substituents is 1. The summed E-state index contributed by atoms with van der Waals surface area (Å²) >= 11 is 0. The Balaban J connectivity index is 1.56. The summed E-state index contributed by atoms with van der Waals surface area (Å²) in [7, 11) is 3.03. The van der Waals surface area contributed by atoms with Gasteiger partial charge in [-0.05, 0) is 35.4 Å². The molecule has 0 unspecified atom stereocenters. The minimum atomic E-state index is -0.460. The first-order valence-corrected chi connectivity index (χ1v) is 12.7. The largest absolute Gasteiger partial charge is 0.497 e. The molecule has 0 spiro atoms. The smallest absolute Gasteiger partial charge is 0.269 e. The van der Waals surface area contributed by atoms with Crippen LogP contribution in [0.2, 0.25) is 0 Å². The number of rotatable bonds is 11. The number of morpholine rings is 1. The van der Waals surface area contributed by atoms with Crippen molar-refractivity contribution in [2.75, 3.05) is 66.8 Å². The quantitative estimate of drug-likeness (QED) is 0.314. The van der Waals surface area contributed by atoms with Gasteiger partial charge in [0.1, 0.15) is 18.9 Å². The van der Waals surface area contributed by atoms with Crippen molar-refractivity contribution in [1.82, 2.24) is 14.8 Å². The third kappa shape index (κ3) is 7.16. The second-order valence-corrected chi connectivity index (χ2v) is 9.28. The first kappa shape index (κ1) is 28.1. The molecule has 2 aromatic carbocycles. The summed E-state index contributed by atoms with van der Waals surface area (Å²) < 4.78 is 15.7. The number of methoxy groups -OCH3 is 2. The molecule has 0 bridgehead atoms. The molecule has 0 radical (unpaired) electrons. The third-order valence-electron chi connectivity index (χ3n) is 6.81. The lowest BCUT2D eigenvalue weighted by Gasteiger charge is -2.31. The summed E-state index contributed by atoms with van der Waals surface area (Å²) in [6.45, 7) is 3.53. The van der Waals surface area contributed by atoms with Gasteiger partial charge in [0.15, 0.2) is 0 Å². The van der Waals surface area contributed by atoms with Gasteiger partial charge in [-0.1, -0.05) is 12.1 Å². The highest BCUT2D eigenvalue weighted by Crippen LogP contribution is 2.34. The number of nitrogens with zero attached hydrogens (tertiary/aromatic N) is 5. The molecule has 1 atom stereocenters. The van der Waals surface area contributed by atoms with Crippen molar-refractivity contribution in [2.45, 2.75) is 12.5 Å². The third-order valence-corrected chi connectivity index (χ3v) is 6.81. The van der Waals surface area contributed by atoms with Crippen molar-refractivity contribution < 1.29 is 28.7 Å². The minimum absolute atomic E-state index is 0.0236. The van der Waals surface area contributed by atoms with Crippen LogP contribution >= 0.6 is 0 Å². The van der Waals surface area contributed by atoms with Crippen LogP contribution in [-0.2, 0) is 19.1 Å².